The van der Waals surface area contributed by atoms with E-state index in [1.165, 1.54) is 29.7 Å². The lowest BCUT2D eigenvalue weighted by atomic mass is 10.0. The predicted octanol–water partition coefficient (Wildman–Crippen LogP) is 4.58. The largest absolute Gasteiger partial charge is 0.465 e. The van der Waals surface area contributed by atoms with Crippen molar-refractivity contribution in [1.82, 2.24) is 4.90 Å². The number of carbonyl (C=O) groups is 2. The molecule has 1 aliphatic heterocycles. The molecule has 0 radical (unpaired) electrons. The van der Waals surface area contributed by atoms with Crippen molar-refractivity contribution in [3.63, 3.8) is 0 Å². The quantitative estimate of drug-likeness (QED) is 0.542. The molecule has 3 aromatic rings. The van der Waals surface area contributed by atoms with Crippen LogP contribution in [0.25, 0.3) is 11.1 Å². The Morgan fingerprint density at radius 1 is 1.00 bits per heavy atom. The third-order valence-electron chi connectivity index (χ3n) is 5.99. The molecule has 0 atom stereocenters. The van der Waals surface area contributed by atoms with Crippen LogP contribution < -0.4 is 10.2 Å². The Morgan fingerprint density at radius 3 is 2.36 bits per heavy atom. The zero-order valence-corrected chi connectivity index (χ0v) is 20.1. The van der Waals surface area contributed by atoms with Crippen LogP contribution >= 0.6 is 11.3 Å². The van der Waals surface area contributed by atoms with Crippen LogP contribution in [0.4, 0.5) is 10.7 Å². The van der Waals surface area contributed by atoms with Gasteiger partial charge >= 0.3 is 5.97 Å². The maximum absolute atomic E-state index is 12.8. The van der Waals surface area contributed by atoms with Crippen LogP contribution in [0.1, 0.15) is 21.5 Å². The third kappa shape index (κ3) is 5.26. The van der Waals surface area contributed by atoms with E-state index in [1.807, 2.05) is 36.6 Å². The van der Waals surface area contributed by atoms with Crippen molar-refractivity contribution >= 4 is 33.9 Å². The molecule has 0 spiro atoms. The van der Waals surface area contributed by atoms with Crippen molar-refractivity contribution in [1.29, 1.82) is 0 Å². The van der Waals surface area contributed by atoms with Crippen LogP contribution in [0.3, 0.4) is 0 Å². The van der Waals surface area contributed by atoms with Crippen LogP contribution in [0.15, 0.2) is 53.9 Å². The van der Waals surface area contributed by atoms with E-state index in [-0.39, 0.29) is 5.91 Å². The number of nitrogens with one attached hydrogen (secondary N) is 1. The highest BCUT2D eigenvalue weighted by molar-refractivity contribution is 7.15. The van der Waals surface area contributed by atoms with E-state index >= 15 is 0 Å². The van der Waals surface area contributed by atoms with Gasteiger partial charge in [0.15, 0.2) is 0 Å². The normalized spacial score (nSPS) is 14.2. The van der Waals surface area contributed by atoms with Crippen molar-refractivity contribution in [2.75, 3.05) is 50.1 Å². The summed E-state index contributed by atoms with van der Waals surface area (Å²) in [6, 6.07) is 16.3. The molecule has 0 aliphatic carbocycles. The maximum atomic E-state index is 12.8. The summed E-state index contributed by atoms with van der Waals surface area (Å²) in [7, 11) is 1.36. The minimum atomic E-state index is -0.450. The fourth-order valence-electron chi connectivity index (χ4n) is 4.13. The molecule has 1 aromatic heterocycles. The summed E-state index contributed by atoms with van der Waals surface area (Å²) >= 11 is 1.35. The number of amides is 1. The van der Waals surface area contributed by atoms with E-state index in [9.17, 15) is 9.59 Å². The molecule has 2 aromatic carbocycles. The number of aryl methyl sites for hydroxylation is 2. The van der Waals surface area contributed by atoms with Gasteiger partial charge in [0.05, 0.1) is 13.7 Å². The van der Waals surface area contributed by atoms with E-state index in [0.717, 1.165) is 42.9 Å². The highest BCUT2D eigenvalue weighted by Gasteiger charge is 2.24. The number of methoxy groups -OCH3 is 1. The molecule has 1 saturated heterocycles. The first-order valence-electron chi connectivity index (χ1n) is 11.1. The highest BCUT2D eigenvalue weighted by Crippen LogP contribution is 2.36. The van der Waals surface area contributed by atoms with Gasteiger partial charge in [0.2, 0.25) is 5.91 Å². The first-order chi connectivity index (χ1) is 16.0. The van der Waals surface area contributed by atoms with E-state index in [4.69, 9.17) is 4.74 Å². The molecule has 0 unspecified atom stereocenters. The smallest absolute Gasteiger partial charge is 0.341 e. The molecule has 1 aliphatic rings. The zero-order valence-electron chi connectivity index (χ0n) is 19.3. The van der Waals surface area contributed by atoms with Gasteiger partial charge in [0, 0.05) is 42.8 Å². The SMILES string of the molecule is COC(=O)c1c(-c2ccc(C)cc2)csc1NC(=O)CN1CCN(c2ccccc2C)CC1. The van der Waals surface area contributed by atoms with Crippen LogP contribution in [0, 0.1) is 13.8 Å². The number of anilines is 2. The number of para-hydroxylation sites is 1. The Hall–Kier alpha value is -3.16. The van der Waals surface area contributed by atoms with Gasteiger partial charge in [0.1, 0.15) is 10.6 Å². The Balaban J connectivity index is 1.41. The minimum absolute atomic E-state index is 0.123. The summed E-state index contributed by atoms with van der Waals surface area (Å²) in [5, 5.41) is 5.38. The monoisotopic (exact) mass is 463 g/mol. The summed E-state index contributed by atoms with van der Waals surface area (Å²) in [6.07, 6.45) is 0. The summed E-state index contributed by atoms with van der Waals surface area (Å²) in [4.78, 5) is 29.9. The van der Waals surface area contributed by atoms with Gasteiger partial charge < -0.3 is 15.0 Å². The standard InChI is InChI=1S/C26H29N3O3S/c1-18-8-10-20(11-9-18)21-17-33-25(24(21)26(31)32-3)27-23(30)16-28-12-14-29(15-13-28)22-7-5-4-6-19(22)2/h4-11,17H,12-16H2,1-3H3,(H,27,30). The molecule has 2 heterocycles. The maximum Gasteiger partial charge on any atom is 0.341 e. The first-order valence-corrected chi connectivity index (χ1v) is 11.9. The number of hydrogen-bond donors (Lipinski definition) is 1. The number of ether oxygens (including phenoxy) is 1. The molecular formula is C26H29N3O3S. The number of benzene rings is 2. The number of esters is 1. The van der Waals surface area contributed by atoms with Gasteiger partial charge in [-0.05, 0) is 31.0 Å². The molecule has 1 amide bonds. The molecule has 0 saturated carbocycles. The van der Waals surface area contributed by atoms with Crippen molar-refractivity contribution in [3.8, 4) is 11.1 Å². The lowest BCUT2D eigenvalue weighted by molar-refractivity contribution is -0.117. The Morgan fingerprint density at radius 2 is 1.70 bits per heavy atom. The Bertz CT molecular complexity index is 1130. The van der Waals surface area contributed by atoms with Crippen molar-refractivity contribution in [2.45, 2.75) is 13.8 Å². The van der Waals surface area contributed by atoms with Gasteiger partial charge in [-0.15, -0.1) is 11.3 Å². The lowest BCUT2D eigenvalue weighted by Crippen LogP contribution is -2.48. The van der Waals surface area contributed by atoms with Crippen LogP contribution in [-0.2, 0) is 9.53 Å². The Labute approximate surface area is 198 Å². The average Bonchev–Trinajstić information content (AvgIpc) is 3.23. The minimum Gasteiger partial charge on any atom is -0.465 e. The van der Waals surface area contributed by atoms with Gasteiger partial charge in [-0.3, -0.25) is 9.69 Å². The third-order valence-corrected chi connectivity index (χ3v) is 6.89. The lowest BCUT2D eigenvalue weighted by Gasteiger charge is -2.36. The number of piperazine rings is 1. The summed E-state index contributed by atoms with van der Waals surface area (Å²) < 4.78 is 5.02. The molecule has 33 heavy (non-hydrogen) atoms. The summed E-state index contributed by atoms with van der Waals surface area (Å²) in [5.41, 5.74) is 5.76. The summed E-state index contributed by atoms with van der Waals surface area (Å²) in [5.74, 6) is -0.573. The second-order valence-corrected chi connectivity index (χ2v) is 9.19. The van der Waals surface area contributed by atoms with Crippen molar-refractivity contribution < 1.29 is 14.3 Å². The van der Waals surface area contributed by atoms with Gasteiger partial charge in [-0.2, -0.15) is 0 Å². The number of nitrogens with zero attached hydrogens (tertiary/aromatic N) is 2. The molecule has 4 rings (SSSR count). The van der Waals surface area contributed by atoms with E-state index in [2.05, 4.69) is 46.3 Å². The van der Waals surface area contributed by atoms with Gasteiger partial charge in [-0.1, -0.05) is 48.0 Å². The van der Waals surface area contributed by atoms with Crippen LogP contribution in [0.2, 0.25) is 0 Å². The van der Waals surface area contributed by atoms with Crippen molar-refractivity contribution in [3.05, 3.63) is 70.6 Å². The number of rotatable bonds is 6. The van der Waals surface area contributed by atoms with Gasteiger partial charge in [-0.25, -0.2) is 4.79 Å². The molecule has 0 bridgehead atoms. The van der Waals surface area contributed by atoms with E-state index in [0.29, 0.717) is 17.1 Å². The Kier molecular flexibility index (Phi) is 7.11. The second-order valence-electron chi connectivity index (χ2n) is 8.31. The number of hydrogen-bond acceptors (Lipinski definition) is 6. The van der Waals surface area contributed by atoms with E-state index < -0.39 is 5.97 Å². The fraction of sp³-hybridized carbons (Fsp3) is 0.308. The molecule has 6 nitrogen and oxygen atoms in total. The summed E-state index contributed by atoms with van der Waals surface area (Å²) in [6.45, 7) is 7.81. The topological polar surface area (TPSA) is 61.9 Å². The average molecular weight is 464 g/mol. The molecule has 1 fully saturated rings. The van der Waals surface area contributed by atoms with Gasteiger partial charge in [0.25, 0.3) is 0 Å². The predicted molar refractivity (Wildman–Crippen MR) is 134 cm³/mol. The molecule has 1 N–H and O–H groups in total. The fourth-order valence-corrected chi connectivity index (χ4v) is 5.11. The molecular weight excluding hydrogens is 434 g/mol. The molecule has 7 heteroatoms. The van der Waals surface area contributed by atoms with Crippen molar-refractivity contribution in [2.24, 2.45) is 0 Å². The zero-order chi connectivity index (χ0) is 23.4. The van der Waals surface area contributed by atoms with Crippen LogP contribution in [-0.4, -0.2) is 56.6 Å². The number of thiophene rings is 1. The van der Waals surface area contributed by atoms with Crippen LogP contribution in [0.5, 0.6) is 0 Å². The highest BCUT2D eigenvalue weighted by atomic mass is 32.1. The first kappa shape index (κ1) is 23.0. The van der Waals surface area contributed by atoms with E-state index in [1.54, 1.807) is 0 Å². The second kappa shape index (κ2) is 10.2. The number of carbonyl (C=O) groups excluding carboxylic acids is 2. The molecule has 172 valence electrons.